The first kappa shape index (κ1) is 18.7. The molecule has 0 atom stereocenters. The molecule has 2 aromatic heterocycles. The maximum absolute atomic E-state index is 12.8. The number of nitrogens with one attached hydrogen (secondary N) is 1. The maximum atomic E-state index is 12.8. The van der Waals surface area contributed by atoms with Crippen molar-refractivity contribution in [2.45, 2.75) is 17.8 Å². The zero-order valence-electron chi connectivity index (χ0n) is 13.7. The minimum Gasteiger partial charge on any atom is -0.325 e. The zero-order valence-corrected chi connectivity index (χ0v) is 14.5. The van der Waals surface area contributed by atoms with E-state index in [-0.39, 0.29) is 28.9 Å². The first-order valence-corrected chi connectivity index (χ1v) is 8.71. The Bertz CT molecular complexity index is 1030. The number of thioether (sulfide) groups is 1. The molecule has 0 spiro atoms. The Morgan fingerprint density at radius 2 is 2.00 bits per heavy atom. The Morgan fingerprint density at radius 3 is 2.74 bits per heavy atom. The third kappa shape index (κ3) is 4.38. The number of pyridine rings is 1. The molecule has 1 N–H and O–H groups in total. The van der Waals surface area contributed by atoms with Gasteiger partial charge in [0.25, 0.3) is 0 Å². The molecule has 3 rings (SSSR count). The average molecular weight is 391 g/mol. The van der Waals surface area contributed by atoms with Gasteiger partial charge in [-0.3, -0.25) is 9.20 Å². The molecular formula is C17H12F3N5OS. The minimum atomic E-state index is -4.46. The largest absolute Gasteiger partial charge is 0.417 e. The predicted molar refractivity (Wildman–Crippen MR) is 93.1 cm³/mol. The highest BCUT2D eigenvalue weighted by Gasteiger charge is 2.31. The van der Waals surface area contributed by atoms with E-state index in [1.54, 1.807) is 24.3 Å². The first-order valence-electron chi connectivity index (χ1n) is 7.72. The van der Waals surface area contributed by atoms with E-state index in [0.717, 1.165) is 24.0 Å². The van der Waals surface area contributed by atoms with Crippen LogP contribution < -0.4 is 5.32 Å². The summed E-state index contributed by atoms with van der Waals surface area (Å²) in [6.45, 7) is 0. The van der Waals surface area contributed by atoms with Gasteiger partial charge in [-0.05, 0) is 24.3 Å². The minimum absolute atomic E-state index is 0.0955. The van der Waals surface area contributed by atoms with E-state index in [1.165, 1.54) is 10.5 Å². The summed E-state index contributed by atoms with van der Waals surface area (Å²) >= 11 is 1.12. The van der Waals surface area contributed by atoms with Crippen molar-refractivity contribution in [3.05, 3.63) is 53.7 Å². The fraction of sp³-hybridized carbons (Fsp3) is 0.176. The molecule has 0 saturated heterocycles. The van der Waals surface area contributed by atoms with Gasteiger partial charge in [-0.25, -0.2) is 0 Å². The second-order valence-corrected chi connectivity index (χ2v) is 6.49. The fourth-order valence-corrected chi connectivity index (χ4v) is 3.13. The summed E-state index contributed by atoms with van der Waals surface area (Å²) in [4.78, 5) is 12.0. The molecule has 0 aliphatic heterocycles. The highest BCUT2D eigenvalue weighted by atomic mass is 32.2. The molecular weight excluding hydrogens is 379 g/mol. The van der Waals surface area contributed by atoms with E-state index >= 15 is 0 Å². The third-order valence-corrected chi connectivity index (χ3v) is 4.53. The van der Waals surface area contributed by atoms with Gasteiger partial charge in [-0.2, -0.15) is 18.4 Å². The summed E-state index contributed by atoms with van der Waals surface area (Å²) in [6.07, 6.45) is -3.44. The van der Waals surface area contributed by atoms with Gasteiger partial charge in [0.05, 0.1) is 16.8 Å². The van der Waals surface area contributed by atoms with E-state index in [2.05, 4.69) is 15.5 Å². The van der Waals surface area contributed by atoms with Crippen LogP contribution >= 0.6 is 11.8 Å². The normalized spacial score (nSPS) is 11.3. The van der Waals surface area contributed by atoms with Crippen LogP contribution in [0.3, 0.4) is 0 Å². The van der Waals surface area contributed by atoms with Gasteiger partial charge < -0.3 is 5.32 Å². The van der Waals surface area contributed by atoms with E-state index < -0.39 is 11.7 Å². The Kier molecular flexibility index (Phi) is 5.32. The van der Waals surface area contributed by atoms with Crippen LogP contribution in [0, 0.1) is 11.3 Å². The number of rotatable bonds is 5. The quantitative estimate of drug-likeness (QED) is 0.670. The summed E-state index contributed by atoms with van der Waals surface area (Å²) in [6, 6.07) is 10.8. The van der Waals surface area contributed by atoms with Crippen LogP contribution in [-0.4, -0.2) is 26.3 Å². The monoisotopic (exact) mass is 391 g/mol. The molecule has 1 aromatic carbocycles. The van der Waals surface area contributed by atoms with Gasteiger partial charge >= 0.3 is 6.18 Å². The molecule has 3 aromatic rings. The Morgan fingerprint density at radius 1 is 1.22 bits per heavy atom. The van der Waals surface area contributed by atoms with Gasteiger partial charge in [0.2, 0.25) is 5.91 Å². The number of para-hydroxylation sites is 1. The average Bonchev–Trinajstić information content (AvgIpc) is 3.04. The molecule has 0 aliphatic rings. The van der Waals surface area contributed by atoms with Crippen molar-refractivity contribution in [2.24, 2.45) is 0 Å². The molecule has 0 unspecified atom stereocenters. The van der Waals surface area contributed by atoms with Gasteiger partial charge in [0, 0.05) is 18.4 Å². The number of nitriles is 1. The Balaban J connectivity index is 1.63. The number of amides is 1. The van der Waals surface area contributed by atoms with Crippen molar-refractivity contribution in [3.63, 3.8) is 0 Å². The van der Waals surface area contributed by atoms with Gasteiger partial charge in [-0.15, -0.1) is 10.2 Å². The number of nitrogens with zero attached hydrogens (tertiary/aromatic N) is 4. The molecule has 2 heterocycles. The topological polar surface area (TPSA) is 83.1 Å². The van der Waals surface area contributed by atoms with Crippen molar-refractivity contribution in [1.82, 2.24) is 14.6 Å². The number of benzene rings is 1. The van der Waals surface area contributed by atoms with Crippen LogP contribution in [0.1, 0.15) is 17.5 Å². The molecule has 0 bridgehead atoms. The Hall–Kier alpha value is -3.06. The second-order valence-electron chi connectivity index (χ2n) is 5.43. The van der Waals surface area contributed by atoms with Crippen LogP contribution in [0.2, 0.25) is 0 Å². The number of alkyl halides is 3. The van der Waals surface area contributed by atoms with Crippen LogP contribution in [0.5, 0.6) is 0 Å². The number of halogens is 3. The van der Waals surface area contributed by atoms with E-state index in [1.807, 2.05) is 6.07 Å². The first-order chi connectivity index (χ1) is 12.9. The van der Waals surface area contributed by atoms with E-state index in [0.29, 0.717) is 11.3 Å². The van der Waals surface area contributed by atoms with Crippen molar-refractivity contribution in [1.29, 1.82) is 5.26 Å². The number of carbonyl (C=O) groups is 1. The van der Waals surface area contributed by atoms with Gasteiger partial charge in [-0.1, -0.05) is 23.9 Å². The third-order valence-electron chi connectivity index (χ3n) is 3.58. The lowest BCUT2D eigenvalue weighted by atomic mass is 10.2. The lowest BCUT2D eigenvalue weighted by molar-refractivity contribution is -0.137. The predicted octanol–water partition coefficient (Wildman–Crippen LogP) is 3.74. The van der Waals surface area contributed by atoms with Crippen molar-refractivity contribution >= 4 is 29.0 Å². The summed E-state index contributed by atoms with van der Waals surface area (Å²) in [5, 5.41) is 19.6. The smallest absolute Gasteiger partial charge is 0.325 e. The van der Waals surface area contributed by atoms with Crippen LogP contribution in [-0.2, 0) is 11.0 Å². The van der Waals surface area contributed by atoms with Crippen LogP contribution in [0.25, 0.3) is 5.65 Å². The molecule has 0 radical (unpaired) electrons. The Labute approximate surface area is 156 Å². The van der Waals surface area contributed by atoms with Crippen molar-refractivity contribution in [2.75, 3.05) is 11.1 Å². The maximum Gasteiger partial charge on any atom is 0.417 e. The van der Waals surface area contributed by atoms with E-state index in [9.17, 15) is 18.0 Å². The molecule has 27 heavy (non-hydrogen) atoms. The summed E-state index contributed by atoms with van der Waals surface area (Å²) in [5.74, 6) is -0.0209. The lowest BCUT2D eigenvalue weighted by Gasteiger charge is -2.08. The zero-order chi connectivity index (χ0) is 19.4. The second kappa shape index (κ2) is 7.67. The summed E-state index contributed by atoms with van der Waals surface area (Å²) in [7, 11) is 0. The number of hydrogen-bond donors (Lipinski definition) is 1. The SMILES string of the molecule is N#Cc1ccccc1NC(=O)CCSc1nnc2ccc(C(F)(F)F)cn12. The molecule has 1 amide bonds. The van der Waals surface area contributed by atoms with Crippen molar-refractivity contribution < 1.29 is 18.0 Å². The van der Waals surface area contributed by atoms with Crippen LogP contribution in [0.4, 0.5) is 18.9 Å². The molecule has 138 valence electrons. The summed E-state index contributed by atoms with van der Waals surface area (Å²) < 4.78 is 39.8. The highest BCUT2D eigenvalue weighted by Crippen LogP contribution is 2.30. The molecule has 0 fully saturated rings. The molecule has 0 saturated carbocycles. The number of carbonyl (C=O) groups excluding carboxylic acids is 1. The standard InChI is InChI=1S/C17H12F3N5OS/c18-17(19,20)12-5-6-14-23-24-16(25(14)10-12)27-8-7-15(26)22-13-4-2-1-3-11(13)9-21/h1-6,10H,7-8H2,(H,22,26). The number of fused-ring (bicyclic) bond motifs is 1. The highest BCUT2D eigenvalue weighted by molar-refractivity contribution is 7.99. The van der Waals surface area contributed by atoms with E-state index in [4.69, 9.17) is 5.26 Å². The lowest BCUT2D eigenvalue weighted by Crippen LogP contribution is -2.13. The van der Waals surface area contributed by atoms with Gasteiger partial charge in [0.1, 0.15) is 6.07 Å². The van der Waals surface area contributed by atoms with Crippen LogP contribution in [0.15, 0.2) is 47.8 Å². The molecule has 10 heteroatoms. The molecule has 0 aliphatic carbocycles. The summed E-state index contributed by atoms with van der Waals surface area (Å²) in [5.41, 5.74) is 0.250. The van der Waals surface area contributed by atoms with Gasteiger partial charge in [0.15, 0.2) is 10.8 Å². The molecule has 6 nitrogen and oxygen atoms in total. The fourth-order valence-electron chi connectivity index (χ4n) is 2.27. The number of aromatic nitrogens is 3. The number of hydrogen-bond acceptors (Lipinski definition) is 5. The van der Waals surface area contributed by atoms with Crippen molar-refractivity contribution in [3.8, 4) is 6.07 Å². The number of anilines is 1.